The first-order valence-corrected chi connectivity index (χ1v) is 8.49. The van der Waals surface area contributed by atoms with E-state index in [1.54, 1.807) is 24.3 Å². The molecule has 1 fully saturated rings. The van der Waals surface area contributed by atoms with Gasteiger partial charge in [-0.3, -0.25) is 9.59 Å². The van der Waals surface area contributed by atoms with Crippen molar-refractivity contribution in [3.63, 3.8) is 0 Å². The average molecular weight is 340 g/mol. The van der Waals surface area contributed by atoms with Crippen LogP contribution in [0.3, 0.4) is 0 Å². The van der Waals surface area contributed by atoms with Crippen LogP contribution in [0.25, 0.3) is 0 Å². The Morgan fingerprint density at radius 2 is 1.72 bits per heavy atom. The SMILES string of the molecule is O=C(CNC(=O)C1(c2cccc(F)c2)CCCC1)Nc1ccccc1. The van der Waals surface area contributed by atoms with E-state index in [-0.39, 0.29) is 24.2 Å². The Hall–Kier alpha value is -2.69. The van der Waals surface area contributed by atoms with Crippen LogP contribution in [0.2, 0.25) is 0 Å². The molecule has 0 unspecified atom stereocenters. The van der Waals surface area contributed by atoms with Gasteiger partial charge >= 0.3 is 0 Å². The molecule has 0 saturated heterocycles. The molecule has 3 rings (SSSR count). The van der Waals surface area contributed by atoms with Crippen molar-refractivity contribution in [2.75, 3.05) is 11.9 Å². The molecule has 1 aliphatic carbocycles. The minimum Gasteiger partial charge on any atom is -0.346 e. The number of nitrogens with one attached hydrogen (secondary N) is 2. The maximum absolute atomic E-state index is 13.6. The Balaban J connectivity index is 1.67. The number of carbonyl (C=O) groups is 2. The lowest BCUT2D eigenvalue weighted by atomic mass is 9.78. The first-order chi connectivity index (χ1) is 12.1. The quantitative estimate of drug-likeness (QED) is 0.876. The highest BCUT2D eigenvalue weighted by Gasteiger charge is 2.42. The molecular weight excluding hydrogens is 319 g/mol. The normalized spacial score (nSPS) is 15.6. The fraction of sp³-hybridized carbons (Fsp3) is 0.300. The van der Waals surface area contributed by atoms with E-state index in [0.29, 0.717) is 24.1 Å². The maximum atomic E-state index is 13.6. The van der Waals surface area contributed by atoms with Gasteiger partial charge in [0.15, 0.2) is 0 Å². The van der Waals surface area contributed by atoms with E-state index in [0.717, 1.165) is 12.8 Å². The third kappa shape index (κ3) is 3.87. The number of amides is 2. The molecule has 2 amide bonds. The summed E-state index contributed by atoms with van der Waals surface area (Å²) in [7, 11) is 0. The Morgan fingerprint density at radius 3 is 2.40 bits per heavy atom. The van der Waals surface area contributed by atoms with Gasteiger partial charge in [-0.25, -0.2) is 4.39 Å². The molecule has 0 heterocycles. The molecular formula is C20H21FN2O2. The number of para-hydroxylation sites is 1. The Labute approximate surface area is 146 Å². The van der Waals surface area contributed by atoms with E-state index in [2.05, 4.69) is 10.6 Å². The molecule has 0 aromatic heterocycles. The first kappa shape index (κ1) is 17.1. The monoisotopic (exact) mass is 340 g/mol. The standard InChI is InChI=1S/C20H21FN2O2/c21-16-8-6-7-15(13-16)20(11-4-5-12-20)19(25)22-14-18(24)23-17-9-2-1-3-10-17/h1-3,6-10,13H,4-5,11-12,14H2,(H,22,25)(H,23,24). The molecule has 1 aliphatic rings. The number of carbonyl (C=O) groups excluding carboxylic acids is 2. The molecule has 0 bridgehead atoms. The lowest BCUT2D eigenvalue weighted by Gasteiger charge is -2.28. The van der Waals surface area contributed by atoms with Crippen molar-refractivity contribution in [3.8, 4) is 0 Å². The summed E-state index contributed by atoms with van der Waals surface area (Å²) < 4.78 is 13.6. The van der Waals surface area contributed by atoms with Crippen LogP contribution in [0, 0.1) is 5.82 Å². The Morgan fingerprint density at radius 1 is 1.00 bits per heavy atom. The summed E-state index contributed by atoms with van der Waals surface area (Å²) >= 11 is 0. The number of halogens is 1. The van der Waals surface area contributed by atoms with Crippen LogP contribution < -0.4 is 10.6 Å². The van der Waals surface area contributed by atoms with Gasteiger partial charge in [-0.1, -0.05) is 43.2 Å². The topological polar surface area (TPSA) is 58.2 Å². The van der Waals surface area contributed by atoms with Gasteiger partial charge in [0, 0.05) is 5.69 Å². The molecule has 0 aliphatic heterocycles. The second kappa shape index (κ2) is 7.47. The van der Waals surface area contributed by atoms with Crippen LogP contribution in [0.4, 0.5) is 10.1 Å². The van der Waals surface area contributed by atoms with E-state index in [4.69, 9.17) is 0 Å². The average Bonchev–Trinajstić information content (AvgIpc) is 3.12. The van der Waals surface area contributed by atoms with Crippen LogP contribution in [-0.2, 0) is 15.0 Å². The second-order valence-corrected chi connectivity index (χ2v) is 6.40. The van der Waals surface area contributed by atoms with E-state index in [1.165, 1.54) is 12.1 Å². The van der Waals surface area contributed by atoms with Crippen LogP contribution in [0.15, 0.2) is 54.6 Å². The highest BCUT2D eigenvalue weighted by atomic mass is 19.1. The highest BCUT2D eigenvalue weighted by Crippen LogP contribution is 2.41. The minimum absolute atomic E-state index is 0.106. The number of hydrogen-bond donors (Lipinski definition) is 2. The zero-order chi connectivity index (χ0) is 17.7. The summed E-state index contributed by atoms with van der Waals surface area (Å²) in [6.45, 7) is -0.106. The largest absolute Gasteiger partial charge is 0.346 e. The van der Waals surface area contributed by atoms with Crippen LogP contribution in [0.1, 0.15) is 31.2 Å². The number of anilines is 1. The van der Waals surface area contributed by atoms with Gasteiger partial charge in [0.2, 0.25) is 11.8 Å². The van der Waals surface area contributed by atoms with Crippen molar-refractivity contribution in [1.82, 2.24) is 5.32 Å². The van der Waals surface area contributed by atoms with E-state index in [9.17, 15) is 14.0 Å². The summed E-state index contributed by atoms with van der Waals surface area (Å²) in [6.07, 6.45) is 3.17. The Kier molecular flexibility index (Phi) is 5.12. The second-order valence-electron chi connectivity index (χ2n) is 6.40. The zero-order valence-corrected chi connectivity index (χ0v) is 13.9. The molecule has 5 heteroatoms. The van der Waals surface area contributed by atoms with E-state index >= 15 is 0 Å². The number of benzene rings is 2. The summed E-state index contributed by atoms with van der Waals surface area (Å²) in [5.41, 5.74) is 0.628. The lowest BCUT2D eigenvalue weighted by Crippen LogP contribution is -2.45. The smallest absolute Gasteiger partial charge is 0.243 e. The highest BCUT2D eigenvalue weighted by molar-refractivity contribution is 5.96. The maximum Gasteiger partial charge on any atom is 0.243 e. The molecule has 2 N–H and O–H groups in total. The van der Waals surface area contributed by atoms with Gasteiger partial charge in [-0.05, 0) is 42.7 Å². The molecule has 2 aromatic rings. The van der Waals surface area contributed by atoms with Gasteiger partial charge in [-0.15, -0.1) is 0 Å². The van der Waals surface area contributed by atoms with Gasteiger partial charge in [0.05, 0.1) is 12.0 Å². The summed E-state index contributed by atoms with van der Waals surface area (Å²) in [6, 6.07) is 15.3. The molecule has 1 saturated carbocycles. The van der Waals surface area contributed by atoms with Crippen LogP contribution >= 0.6 is 0 Å². The predicted octanol–water partition coefficient (Wildman–Crippen LogP) is 3.39. The van der Waals surface area contributed by atoms with Crippen molar-refractivity contribution in [2.24, 2.45) is 0 Å². The molecule has 4 nitrogen and oxygen atoms in total. The predicted molar refractivity (Wildman–Crippen MR) is 94.6 cm³/mol. The molecule has 25 heavy (non-hydrogen) atoms. The number of rotatable bonds is 5. The lowest BCUT2D eigenvalue weighted by molar-refractivity contribution is -0.128. The van der Waals surface area contributed by atoms with Crippen molar-refractivity contribution in [3.05, 3.63) is 66.0 Å². The summed E-state index contributed by atoms with van der Waals surface area (Å²) in [5.74, 6) is -0.843. The number of hydrogen-bond acceptors (Lipinski definition) is 2. The van der Waals surface area contributed by atoms with Crippen molar-refractivity contribution >= 4 is 17.5 Å². The van der Waals surface area contributed by atoms with Gasteiger partial charge in [0.1, 0.15) is 5.82 Å². The fourth-order valence-electron chi connectivity index (χ4n) is 3.47. The van der Waals surface area contributed by atoms with Gasteiger partial charge < -0.3 is 10.6 Å². The van der Waals surface area contributed by atoms with Gasteiger partial charge in [-0.2, -0.15) is 0 Å². The molecule has 0 spiro atoms. The Bertz CT molecular complexity index is 755. The molecule has 0 radical (unpaired) electrons. The van der Waals surface area contributed by atoms with E-state index < -0.39 is 5.41 Å². The summed E-state index contributed by atoms with van der Waals surface area (Å²) in [4.78, 5) is 24.9. The zero-order valence-electron chi connectivity index (χ0n) is 13.9. The van der Waals surface area contributed by atoms with Crippen molar-refractivity contribution in [1.29, 1.82) is 0 Å². The third-order valence-electron chi connectivity index (χ3n) is 4.74. The van der Waals surface area contributed by atoms with Crippen molar-refractivity contribution < 1.29 is 14.0 Å². The minimum atomic E-state index is -0.741. The molecule has 0 atom stereocenters. The fourth-order valence-corrected chi connectivity index (χ4v) is 3.47. The summed E-state index contributed by atoms with van der Waals surface area (Å²) in [5, 5.41) is 5.47. The first-order valence-electron chi connectivity index (χ1n) is 8.49. The van der Waals surface area contributed by atoms with Crippen LogP contribution in [0.5, 0.6) is 0 Å². The molecule has 2 aromatic carbocycles. The molecule has 130 valence electrons. The van der Waals surface area contributed by atoms with Gasteiger partial charge in [0.25, 0.3) is 0 Å². The van der Waals surface area contributed by atoms with Crippen molar-refractivity contribution in [2.45, 2.75) is 31.1 Å². The van der Waals surface area contributed by atoms with E-state index in [1.807, 2.05) is 18.2 Å². The third-order valence-corrected chi connectivity index (χ3v) is 4.74. The van der Waals surface area contributed by atoms with Crippen LogP contribution in [-0.4, -0.2) is 18.4 Å².